The maximum absolute atomic E-state index is 11.4. The van der Waals surface area contributed by atoms with Gasteiger partial charge in [0.25, 0.3) is 0 Å². The number of esters is 1. The Hall–Kier alpha value is -0.780. The largest absolute Gasteiger partial charge is 0.505 e. The number of likely N-dealkylation sites (N-methyl/N-ethyl adjacent to an activating group) is 1. The zero-order valence-electron chi connectivity index (χ0n) is 9.46. The first-order chi connectivity index (χ1) is 7.99. The van der Waals surface area contributed by atoms with Crippen molar-refractivity contribution in [3.8, 4) is 5.75 Å². The second-order valence-electron chi connectivity index (χ2n) is 3.48. The summed E-state index contributed by atoms with van der Waals surface area (Å²) in [6.45, 7) is 0. The summed E-state index contributed by atoms with van der Waals surface area (Å²) in [4.78, 5) is 11.4. The van der Waals surface area contributed by atoms with Crippen LogP contribution in [0.5, 0.6) is 5.75 Å². The van der Waals surface area contributed by atoms with Crippen LogP contribution in [0.1, 0.15) is 5.56 Å². The quantitative estimate of drug-likeness (QED) is 0.834. The zero-order chi connectivity index (χ0) is 13.0. The highest BCUT2D eigenvalue weighted by atomic mass is 79.9. The minimum Gasteiger partial charge on any atom is -0.505 e. The third-order valence-corrected chi connectivity index (χ3v) is 3.24. The summed E-state index contributed by atoms with van der Waals surface area (Å²) in [5.41, 5.74) is 0.824. The van der Waals surface area contributed by atoms with Crippen molar-refractivity contribution in [3.05, 3.63) is 27.2 Å². The number of carbonyl (C=O) groups is 1. The normalized spacial score (nSPS) is 12.2. The first-order valence-electron chi connectivity index (χ1n) is 4.91. The van der Waals surface area contributed by atoms with Gasteiger partial charge < -0.3 is 15.2 Å². The lowest BCUT2D eigenvalue weighted by Crippen LogP contribution is -2.36. The van der Waals surface area contributed by atoms with E-state index in [1.54, 1.807) is 19.2 Å². The zero-order valence-corrected chi connectivity index (χ0v) is 11.8. The molecule has 1 atom stereocenters. The molecule has 17 heavy (non-hydrogen) atoms. The number of rotatable bonds is 4. The lowest BCUT2D eigenvalue weighted by Gasteiger charge is -2.14. The van der Waals surface area contributed by atoms with E-state index in [0.717, 1.165) is 5.56 Å². The molecule has 0 radical (unpaired) electrons. The molecule has 1 rings (SSSR count). The number of phenols is 1. The number of hydrogen-bond acceptors (Lipinski definition) is 4. The van der Waals surface area contributed by atoms with E-state index >= 15 is 0 Å². The molecule has 1 aromatic rings. The van der Waals surface area contributed by atoms with E-state index in [4.69, 9.17) is 11.6 Å². The third kappa shape index (κ3) is 3.59. The van der Waals surface area contributed by atoms with Crippen LogP contribution in [0, 0.1) is 0 Å². The molecular weight excluding hydrogens is 309 g/mol. The molecule has 0 saturated carbocycles. The fraction of sp³-hybridized carbons (Fsp3) is 0.364. The number of ether oxygens (including phenoxy) is 1. The molecule has 0 fully saturated rings. The van der Waals surface area contributed by atoms with Gasteiger partial charge in [-0.3, -0.25) is 4.79 Å². The van der Waals surface area contributed by atoms with Gasteiger partial charge in [-0.1, -0.05) is 11.6 Å². The Balaban J connectivity index is 2.91. The smallest absolute Gasteiger partial charge is 0.323 e. The van der Waals surface area contributed by atoms with Crippen LogP contribution < -0.4 is 5.32 Å². The summed E-state index contributed by atoms with van der Waals surface area (Å²) in [6, 6.07) is 2.90. The number of carbonyl (C=O) groups excluding carboxylic acids is 1. The van der Waals surface area contributed by atoms with Crippen LogP contribution in [-0.4, -0.2) is 31.3 Å². The number of methoxy groups -OCH3 is 1. The summed E-state index contributed by atoms with van der Waals surface area (Å²) in [7, 11) is 3.02. The second-order valence-corrected chi connectivity index (χ2v) is 4.74. The van der Waals surface area contributed by atoms with Gasteiger partial charge >= 0.3 is 5.97 Å². The van der Waals surface area contributed by atoms with Gasteiger partial charge in [0.2, 0.25) is 0 Å². The van der Waals surface area contributed by atoms with Crippen molar-refractivity contribution < 1.29 is 14.6 Å². The lowest BCUT2D eigenvalue weighted by molar-refractivity contribution is -0.142. The van der Waals surface area contributed by atoms with E-state index in [2.05, 4.69) is 26.0 Å². The van der Waals surface area contributed by atoms with E-state index in [9.17, 15) is 9.90 Å². The molecule has 0 aliphatic heterocycles. The van der Waals surface area contributed by atoms with E-state index < -0.39 is 6.04 Å². The van der Waals surface area contributed by atoms with Gasteiger partial charge in [-0.25, -0.2) is 0 Å². The molecule has 2 N–H and O–H groups in total. The number of halogens is 2. The summed E-state index contributed by atoms with van der Waals surface area (Å²) in [6.07, 6.45) is 0.432. The lowest BCUT2D eigenvalue weighted by atomic mass is 10.1. The van der Waals surface area contributed by atoms with Crippen molar-refractivity contribution in [1.29, 1.82) is 0 Å². The Morgan fingerprint density at radius 1 is 1.65 bits per heavy atom. The molecule has 0 spiro atoms. The van der Waals surface area contributed by atoms with Crippen molar-refractivity contribution in [2.75, 3.05) is 14.2 Å². The van der Waals surface area contributed by atoms with Gasteiger partial charge in [0, 0.05) is 0 Å². The van der Waals surface area contributed by atoms with Crippen LogP contribution in [0.3, 0.4) is 0 Å². The molecule has 0 amide bonds. The highest BCUT2D eigenvalue weighted by Crippen LogP contribution is 2.33. The average molecular weight is 323 g/mol. The van der Waals surface area contributed by atoms with Gasteiger partial charge in [0.15, 0.2) is 0 Å². The van der Waals surface area contributed by atoms with Crippen molar-refractivity contribution in [2.24, 2.45) is 0 Å². The van der Waals surface area contributed by atoms with E-state index in [1.165, 1.54) is 7.11 Å². The van der Waals surface area contributed by atoms with Crippen molar-refractivity contribution in [2.45, 2.75) is 12.5 Å². The molecule has 0 heterocycles. The minimum absolute atomic E-state index is 0.00510. The SMILES string of the molecule is CN[C@@H](Cc1cc(Cl)c(O)c(Br)c1)C(=O)OC. The number of benzene rings is 1. The van der Waals surface area contributed by atoms with Crippen LogP contribution in [0.15, 0.2) is 16.6 Å². The van der Waals surface area contributed by atoms with Crippen molar-refractivity contribution in [1.82, 2.24) is 5.32 Å². The fourth-order valence-corrected chi connectivity index (χ4v) is 2.28. The Bertz CT molecular complexity index is 402. The molecule has 0 aliphatic carbocycles. The van der Waals surface area contributed by atoms with E-state index in [-0.39, 0.29) is 16.7 Å². The van der Waals surface area contributed by atoms with Gasteiger partial charge in [-0.2, -0.15) is 0 Å². The van der Waals surface area contributed by atoms with Crippen LogP contribution in [0.4, 0.5) is 0 Å². The second kappa shape index (κ2) is 6.23. The first kappa shape index (κ1) is 14.3. The number of phenolic OH excluding ortho intramolecular Hbond substituents is 1. The number of hydrogen-bond donors (Lipinski definition) is 2. The molecule has 0 aromatic heterocycles. The van der Waals surface area contributed by atoms with Crippen LogP contribution in [0.2, 0.25) is 5.02 Å². The summed E-state index contributed by atoms with van der Waals surface area (Å²) in [5.74, 6) is -0.345. The topological polar surface area (TPSA) is 58.6 Å². The van der Waals surface area contributed by atoms with Crippen LogP contribution in [0.25, 0.3) is 0 Å². The monoisotopic (exact) mass is 321 g/mol. The maximum atomic E-state index is 11.4. The summed E-state index contributed by atoms with van der Waals surface area (Å²) < 4.78 is 5.16. The van der Waals surface area contributed by atoms with Crippen LogP contribution in [-0.2, 0) is 16.0 Å². The van der Waals surface area contributed by atoms with Gasteiger partial charge in [0.1, 0.15) is 11.8 Å². The Morgan fingerprint density at radius 2 is 2.29 bits per heavy atom. The van der Waals surface area contributed by atoms with Crippen molar-refractivity contribution >= 4 is 33.5 Å². The predicted molar refractivity (Wildman–Crippen MR) is 69.4 cm³/mol. The summed E-state index contributed by atoms with van der Waals surface area (Å²) >= 11 is 9.03. The van der Waals surface area contributed by atoms with E-state index in [0.29, 0.717) is 10.9 Å². The van der Waals surface area contributed by atoms with Crippen molar-refractivity contribution in [3.63, 3.8) is 0 Å². The molecular formula is C11H13BrClNO3. The van der Waals surface area contributed by atoms with Crippen LogP contribution >= 0.6 is 27.5 Å². The summed E-state index contributed by atoms with van der Waals surface area (Å²) in [5, 5.41) is 12.6. The average Bonchev–Trinajstić information content (AvgIpc) is 2.31. The molecule has 0 saturated heterocycles. The predicted octanol–water partition coefficient (Wildman–Crippen LogP) is 2.11. The highest BCUT2D eigenvalue weighted by molar-refractivity contribution is 9.10. The number of nitrogens with one attached hydrogen (secondary N) is 1. The Morgan fingerprint density at radius 3 is 2.76 bits per heavy atom. The van der Waals surface area contributed by atoms with E-state index in [1.807, 2.05) is 0 Å². The maximum Gasteiger partial charge on any atom is 0.323 e. The molecule has 0 bridgehead atoms. The first-order valence-corrected chi connectivity index (χ1v) is 6.08. The Kier molecular flexibility index (Phi) is 5.24. The standard InChI is InChI=1S/C11H13BrClNO3/c1-14-9(11(16)17-2)5-6-3-7(12)10(15)8(13)4-6/h3-4,9,14-15H,5H2,1-2H3/t9-/m0/s1. The Labute approximate surface area is 113 Å². The molecule has 0 aliphatic rings. The van der Waals surface area contributed by atoms with Gasteiger partial charge in [-0.15, -0.1) is 0 Å². The van der Waals surface area contributed by atoms with Gasteiger partial charge in [0.05, 0.1) is 16.6 Å². The molecule has 0 unspecified atom stereocenters. The number of aromatic hydroxyl groups is 1. The third-order valence-electron chi connectivity index (χ3n) is 2.35. The highest BCUT2D eigenvalue weighted by Gasteiger charge is 2.18. The molecule has 94 valence electrons. The minimum atomic E-state index is -0.437. The fourth-order valence-electron chi connectivity index (χ4n) is 1.42. The molecule has 6 heteroatoms. The van der Waals surface area contributed by atoms with Gasteiger partial charge in [-0.05, 0) is 47.1 Å². The molecule has 1 aromatic carbocycles. The molecule has 4 nitrogen and oxygen atoms in total.